The summed E-state index contributed by atoms with van der Waals surface area (Å²) < 4.78 is 25.3. The summed E-state index contributed by atoms with van der Waals surface area (Å²) in [6, 6.07) is 1.57. The van der Waals surface area contributed by atoms with Crippen LogP contribution in [0.5, 0.6) is 0 Å². The van der Waals surface area contributed by atoms with E-state index in [-0.39, 0.29) is 0 Å². The van der Waals surface area contributed by atoms with Crippen LogP contribution >= 0.6 is 11.8 Å². The SMILES string of the molecule is CSc1cc(NCC(F)(F)CO)ncn1. The van der Waals surface area contributed by atoms with Crippen LogP contribution in [-0.2, 0) is 0 Å². The van der Waals surface area contributed by atoms with Gasteiger partial charge in [-0.05, 0) is 6.26 Å². The highest BCUT2D eigenvalue weighted by atomic mass is 32.2. The zero-order valence-corrected chi connectivity index (χ0v) is 8.89. The van der Waals surface area contributed by atoms with Gasteiger partial charge < -0.3 is 10.4 Å². The van der Waals surface area contributed by atoms with Gasteiger partial charge >= 0.3 is 0 Å². The lowest BCUT2D eigenvalue weighted by atomic mass is 10.3. The fourth-order valence-electron chi connectivity index (χ4n) is 0.824. The predicted octanol–water partition coefficient (Wildman–Crippen LogP) is 1.24. The van der Waals surface area contributed by atoms with Gasteiger partial charge in [0.25, 0.3) is 5.92 Å². The van der Waals surface area contributed by atoms with E-state index in [1.807, 2.05) is 6.26 Å². The van der Waals surface area contributed by atoms with Crippen LogP contribution in [0.2, 0.25) is 0 Å². The maximum atomic E-state index is 12.7. The van der Waals surface area contributed by atoms with Crippen molar-refractivity contribution >= 4 is 17.6 Å². The molecule has 0 saturated heterocycles. The summed E-state index contributed by atoms with van der Waals surface area (Å²) in [5.74, 6) is -2.81. The molecule has 4 nitrogen and oxygen atoms in total. The molecule has 1 aromatic rings. The third kappa shape index (κ3) is 3.96. The molecule has 1 rings (SSSR count). The van der Waals surface area contributed by atoms with Crippen LogP contribution in [0, 0.1) is 0 Å². The van der Waals surface area contributed by atoms with Gasteiger partial charge in [0, 0.05) is 6.07 Å². The lowest BCUT2D eigenvalue weighted by molar-refractivity contribution is -0.0373. The highest BCUT2D eigenvalue weighted by Crippen LogP contribution is 2.16. The minimum atomic E-state index is -3.13. The van der Waals surface area contributed by atoms with Crippen molar-refractivity contribution in [3.05, 3.63) is 12.4 Å². The van der Waals surface area contributed by atoms with E-state index in [4.69, 9.17) is 5.11 Å². The summed E-state index contributed by atoms with van der Waals surface area (Å²) >= 11 is 1.39. The Labute approximate surface area is 90.1 Å². The zero-order chi connectivity index (χ0) is 11.3. The van der Waals surface area contributed by atoms with E-state index in [0.29, 0.717) is 10.8 Å². The third-order valence-electron chi connectivity index (χ3n) is 1.61. The number of halogens is 2. The highest BCUT2D eigenvalue weighted by molar-refractivity contribution is 7.98. The van der Waals surface area contributed by atoms with E-state index in [1.165, 1.54) is 18.1 Å². The first-order chi connectivity index (χ1) is 7.07. The van der Waals surface area contributed by atoms with E-state index in [9.17, 15) is 8.78 Å². The van der Waals surface area contributed by atoms with Gasteiger partial charge in [0.2, 0.25) is 0 Å². The fraction of sp³-hybridized carbons (Fsp3) is 0.500. The van der Waals surface area contributed by atoms with Gasteiger partial charge in [-0.1, -0.05) is 0 Å². The second-order valence-electron chi connectivity index (χ2n) is 2.81. The molecule has 1 aromatic heterocycles. The van der Waals surface area contributed by atoms with Gasteiger partial charge in [-0.25, -0.2) is 18.7 Å². The van der Waals surface area contributed by atoms with Gasteiger partial charge in [0.1, 0.15) is 23.8 Å². The monoisotopic (exact) mass is 235 g/mol. The number of alkyl halides is 2. The van der Waals surface area contributed by atoms with Crippen molar-refractivity contribution in [1.29, 1.82) is 0 Å². The first-order valence-corrected chi connectivity index (χ1v) is 5.38. The zero-order valence-electron chi connectivity index (χ0n) is 8.07. The molecule has 0 aliphatic rings. The van der Waals surface area contributed by atoms with Gasteiger partial charge in [0.05, 0.1) is 6.54 Å². The van der Waals surface area contributed by atoms with Crippen LogP contribution in [0.15, 0.2) is 17.4 Å². The van der Waals surface area contributed by atoms with E-state index >= 15 is 0 Å². The Kier molecular flexibility index (Phi) is 4.22. The topological polar surface area (TPSA) is 58.0 Å². The Balaban J connectivity index is 2.57. The van der Waals surface area contributed by atoms with Crippen molar-refractivity contribution in [2.45, 2.75) is 10.9 Å². The van der Waals surface area contributed by atoms with E-state index < -0.39 is 19.1 Å². The number of nitrogens with zero attached hydrogens (tertiary/aromatic N) is 2. The molecule has 84 valence electrons. The summed E-state index contributed by atoms with van der Waals surface area (Å²) in [5.41, 5.74) is 0. The Morgan fingerprint density at radius 1 is 1.53 bits per heavy atom. The van der Waals surface area contributed by atoms with Crippen LogP contribution < -0.4 is 5.32 Å². The molecule has 0 radical (unpaired) electrons. The molecular formula is C8H11F2N3OS. The van der Waals surface area contributed by atoms with E-state index in [1.54, 1.807) is 6.07 Å². The number of aliphatic hydroxyl groups excluding tert-OH is 1. The van der Waals surface area contributed by atoms with E-state index in [0.717, 1.165) is 0 Å². The Morgan fingerprint density at radius 2 is 2.27 bits per heavy atom. The van der Waals surface area contributed by atoms with Crippen LogP contribution in [0.1, 0.15) is 0 Å². The second kappa shape index (κ2) is 5.22. The number of aromatic nitrogens is 2. The molecule has 0 fully saturated rings. The second-order valence-corrected chi connectivity index (χ2v) is 3.64. The number of rotatable bonds is 5. The van der Waals surface area contributed by atoms with Crippen molar-refractivity contribution < 1.29 is 13.9 Å². The summed E-state index contributed by atoms with van der Waals surface area (Å²) in [5, 5.41) is 11.5. The van der Waals surface area contributed by atoms with Crippen molar-refractivity contribution in [3.8, 4) is 0 Å². The molecule has 0 spiro atoms. The molecule has 0 unspecified atom stereocenters. The predicted molar refractivity (Wildman–Crippen MR) is 54.3 cm³/mol. The normalized spacial score (nSPS) is 11.5. The Bertz CT molecular complexity index is 325. The molecule has 7 heteroatoms. The highest BCUT2D eigenvalue weighted by Gasteiger charge is 2.27. The molecular weight excluding hydrogens is 224 g/mol. The van der Waals surface area contributed by atoms with Gasteiger partial charge in [-0.15, -0.1) is 11.8 Å². The van der Waals surface area contributed by atoms with Crippen molar-refractivity contribution in [2.24, 2.45) is 0 Å². The van der Waals surface area contributed by atoms with Crippen LogP contribution in [-0.4, -0.2) is 40.4 Å². The number of hydrogen-bond donors (Lipinski definition) is 2. The lowest BCUT2D eigenvalue weighted by Gasteiger charge is -2.14. The lowest BCUT2D eigenvalue weighted by Crippen LogP contribution is -2.31. The van der Waals surface area contributed by atoms with Crippen molar-refractivity contribution in [2.75, 3.05) is 24.7 Å². The first kappa shape index (κ1) is 12.1. The first-order valence-electron chi connectivity index (χ1n) is 4.16. The maximum absolute atomic E-state index is 12.7. The minimum absolute atomic E-state index is 0.322. The number of nitrogens with one attached hydrogen (secondary N) is 1. The number of aliphatic hydroxyl groups is 1. The fourth-order valence-corrected chi connectivity index (χ4v) is 1.21. The smallest absolute Gasteiger partial charge is 0.287 e. The Hall–Kier alpha value is -0.950. The number of hydrogen-bond acceptors (Lipinski definition) is 5. The molecule has 15 heavy (non-hydrogen) atoms. The molecule has 0 aromatic carbocycles. The molecule has 0 amide bonds. The molecule has 0 saturated carbocycles. The van der Waals surface area contributed by atoms with Crippen LogP contribution in [0.4, 0.5) is 14.6 Å². The summed E-state index contributed by atoms with van der Waals surface area (Å²) in [6.45, 7) is -1.82. The maximum Gasteiger partial charge on any atom is 0.287 e. The van der Waals surface area contributed by atoms with Crippen LogP contribution in [0.25, 0.3) is 0 Å². The average Bonchev–Trinajstić information content (AvgIpc) is 2.27. The standard InChI is InChI=1S/C8H11F2N3OS/c1-15-7-2-6(12-5-13-7)11-3-8(9,10)4-14/h2,5,14H,3-4H2,1H3,(H,11,12,13). The average molecular weight is 235 g/mol. The van der Waals surface area contributed by atoms with Gasteiger partial charge in [-0.2, -0.15) is 0 Å². The molecule has 0 atom stereocenters. The van der Waals surface area contributed by atoms with Crippen LogP contribution in [0.3, 0.4) is 0 Å². The quantitative estimate of drug-likeness (QED) is 0.594. The van der Waals surface area contributed by atoms with Gasteiger partial charge in [0.15, 0.2) is 0 Å². The number of anilines is 1. The van der Waals surface area contributed by atoms with Gasteiger partial charge in [-0.3, -0.25) is 0 Å². The van der Waals surface area contributed by atoms with Crippen molar-refractivity contribution in [3.63, 3.8) is 0 Å². The summed E-state index contributed by atoms with van der Waals surface area (Å²) in [6.07, 6.45) is 3.12. The molecule has 1 heterocycles. The van der Waals surface area contributed by atoms with Crippen molar-refractivity contribution in [1.82, 2.24) is 9.97 Å². The number of thioether (sulfide) groups is 1. The molecule has 0 aliphatic carbocycles. The molecule has 2 N–H and O–H groups in total. The molecule has 0 aliphatic heterocycles. The summed E-state index contributed by atoms with van der Waals surface area (Å²) in [7, 11) is 0. The largest absolute Gasteiger partial charge is 0.390 e. The Morgan fingerprint density at radius 3 is 2.87 bits per heavy atom. The third-order valence-corrected chi connectivity index (χ3v) is 2.25. The summed E-state index contributed by atoms with van der Waals surface area (Å²) in [4.78, 5) is 7.67. The van der Waals surface area contributed by atoms with E-state index in [2.05, 4.69) is 15.3 Å². The molecule has 0 bridgehead atoms. The minimum Gasteiger partial charge on any atom is -0.390 e.